The molecular weight excluding hydrogens is 490 g/mol. The second-order valence-electron chi connectivity index (χ2n) is 8.47. The molecule has 37 heavy (non-hydrogen) atoms. The number of carbonyl (C=O) groups is 2. The minimum atomic E-state index is -0.160. The van der Waals surface area contributed by atoms with Gasteiger partial charge in [0.2, 0.25) is 11.8 Å². The summed E-state index contributed by atoms with van der Waals surface area (Å²) < 4.78 is 7.97. The molecule has 8 nitrogen and oxygen atoms in total. The molecule has 2 heterocycles. The Balaban J connectivity index is 1.35. The number of para-hydroxylation sites is 2. The van der Waals surface area contributed by atoms with Gasteiger partial charge in [-0.2, -0.15) is 4.98 Å². The van der Waals surface area contributed by atoms with Gasteiger partial charge < -0.3 is 15.1 Å². The van der Waals surface area contributed by atoms with Crippen molar-refractivity contribution in [3.05, 3.63) is 95.5 Å². The van der Waals surface area contributed by atoms with E-state index in [9.17, 15) is 9.59 Å². The lowest BCUT2D eigenvalue weighted by Crippen LogP contribution is -2.19. The summed E-state index contributed by atoms with van der Waals surface area (Å²) in [6.45, 7) is 0. The fraction of sp³-hybridized carbons (Fsp3) is 0.143. The first-order valence-electron chi connectivity index (χ1n) is 11.8. The number of carbonyl (C=O) groups excluding carboxylic acids is 2. The molecule has 2 N–H and O–H groups in total. The van der Waals surface area contributed by atoms with E-state index in [1.54, 1.807) is 42.2 Å². The molecule has 0 fully saturated rings. The van der Waals surface area contributed by atoms with E-state index in [4.69, 9.17) is 21.0 Å². The van der Waals surface area contributed by atoms with Gasteiger partial charge in [-0.1, -0.05) is 48.0 Å². The number of amides is 2. The number of nitrogens with one attached hydrogen (secondary N) is 2. The number of hydrogen-bond donors (Lipinski definition) is 2. The number of rotatable bonds is 8. The second-order valence-corrected chi connectivity index (χ2v) is 8.91. The first kappa shape index (κ1) is 24.3. The van der Waals surface area contributed by atoms with Crippen LogP contribution in [-0.4, -0.2) is 33.4 Å². The molecule has 0 unspecified atom stereocenters. The Morgan fingerprint density at radius 2 is 1.73 bits per heavy atom. The van der Waals surface area contributed by atoms with E-state index < -0.39 is 0 Å². The summed E-state index contributed by atoms with van der Waals surface area (Å²) in [5, 5.41) is 6.12. The highest BCUT2D eigenvalue weighted by Gasteiger charge is 2.19. The molecule has 0 radical (unpaired) electrons. The largest absolute Gasteiger partial charge is 0.427 e. The molecule has 5 aromatic rings. The van der Waals surface area contributed by atoms with Crippen molar-refractivity contribution < 1.29 is 14.0 Å². The van der Waals surface area contributed by atoms with E-state index in [1.807, 2.05) is 48.5 Å². The Labute approximate surface area is 218 Å². The maximum Gasteiger partial charge on any atom is 0.308 e. The molecule has 5 rings (SSSR count). The zero-order valence-electron chi connectivity index (χ0n) is 20.1. The van der Waals surface area contributed by atoms with Crippen LogP contribution in [0.2, 0.25) is 5.02 Å². The molecule has 9 heteroatoms. The summed E-state index contributed by atoms with van der Waals surface area (Å²) in [4.78, 5) is 33.5. The number of benzene rings is 3. The molecule has 2 amide bonds. The Morgan fingerprint density at radius 1 is 0.973 bits per heavy atom. The summed E-state index contributed by atoms with van der Waals surface area (Å²) in [6, 6.07) is 22.6. The molecular formula is C28H24ClN5O3. The molecule has 0 atom stereocenters. The average Bonchev–Trinajstić information content (AvgIpc) is 3.53. The summed E-state index contributed by atoms with van der Waals surface area (Å²) in [7, 11) is 1.60. The highest BCUT2D eigenvalue weighted by molar-refractivity contribution is 6.30. The van der Waals surface area contributed by atoms with Crippen LogP contribution < -0.4 is 10.6 Å². The number of imidazole rings is 1. The molecule has 0 spiro atoms. The number of oxazole rings is 1. The number of aryl methyl sites for hydroxylation is 1. The highest BCUT2D eigenvalue weighted by Crippen LogP contribution is 2.29. The predicted octanol–water partition coefficient (Wildman–Crippen LogP) is 5.19. The Bertz CT molecular complexity index is 1560. The number of likely N-dealkylation sites (N-methyl/N-ethyl adjacent to an activating group) is 1. The topological polar surface area (TPSA) is 102 Å². The van der Waals surface area contributed by atoms with Crippen LogP contribution in [0.3, 0.4) is 0 Å². The van der Waals surface area contributed by atoms with Crippen LogP contribution in [0, 0.1) is 0 Å². The van der Waals surface area contributed by atoms with Crippen LogP contribution in [0.1, 0.15) is 17.7 Å². The molecule has 0 aliphatic rings. The molecule has 0 aliphatic carbocycles. The molecule has 0 aliphatic heterocycles. The van der Waals surface area contributed by atoms with Crippen LogP contribution in [0.5, 0.6) is 0 Å². The monoisotopic (exact) mass is 513 g/mol. The van der Waals surface area contributed by atoms with Crippen molar-refractivity contribution >= 4 is 40.1 Å². The van der Waals surface area contributed by atoms with Crippen molar-refractivity contribution in [1.29, 1.82) is 0 Å². The fourth-order valence-electron chi connectivity index (χ4n) is 3.99. The standard InChI is InChI=1S/C28H24ClN5O3/c1-30-26(36)16-18-6-12-21(13-7-18)32-25(35)15-14-24-27(19-8-10-20(29)11-9-19)33-28(37-24)34-17-31-22-4-2-3-5-23(22)34/h2-13,17H,14-16H2,1H3,(H,30,36)(H,32,35). The lowest BCUT2D eigenvalue weighted by Gasteiger charge is -2.07. The normalized spacial score (nSPS) is 11.0. The number of fused-ring (bicyclic) bond motifs is 1. The second kappa shape index (κ2) is 10.7. The molecule has 3 aromatic carbocycles. The summed E-state index contributed by atoms with van der Waals surface area (Å²) in [5.41, 5.74) is 4.71. The first-order valence-corrected chi connectivity index (χ1v) is 12.2. The maximum absolute atomic E-state index is 12.7. The Kier molecular flexibility index (Phi) is 7.00. The van der Waals surface area contributed by atoms with Gasteiger partial charge in [0.05, 0.1) is 17.5 Å². The van der Waals surface area contributed by atoms with Crippen LogP contribution in [0.4, 0.5) is 5.69 Å². The van der Waals surface area contributed by atoms with Gasteiger partial charge in [-0.05, 0) is 42.0 Å². The number of nitrogens with zero attached hydrogens (tertiary/aromatic N) is 3. The van der Waals surface area contributed by atoms with Gasteiger partial charge in [0.1, 0.15) is 17.8 Å². The van der Waals surface area contributed by atoms with Crippen molar-refractivity contribution in [1.82, 2.24) is 19.9 Å². The van der Waals surface area contributed by atoms with Crippen LogP contribution in [0.25, 0.3) is 28.3 Å². The third kappa shape index (κ3) is 5.54. The third-order valence-electron chi connectivity index (χ3n) is 5.92. The minimum Gasteiger partial charge on any atom is -0.427 e. The Hall–Kier alpha value is -4.43. The zero-order chi connectivity index (χ0) is 25.8. The van der Waals surface area contributed by atoms with E-state index in [-0.39, 0.29) is 24.7 Å². The SMILES string of the molecule is CNC(=O)Cc1ccc(NC(=O)CCc2oc(-n3cnc4ccccc43)nc2-c2ccc(Cl)cc2)cc1. The predicted molar refractivity (Wildman–Crippen MR) is 143 cm³/mol. The van der Waals surface area contributed by atoms with E-state index in [1.165, 1.54) is 0 Å². The van der Waals surface area contributed by atoms with Gasteiger partial charge >= 0.3 is 6.01 Å². The van der Waals surface area contributed by atoms with Crippen LogP contribution >= 0.6 is 11.6 Å². The molecule has 2 aromatic heterocycles. The van der Waals surface area contributed by atoms with Gasteiger partial charge in [-0.15, -0.1) is 0 Å². The van der Waals surface area contributed by atoms with Gasteiger partial charge in [-0.25, -0.2) is 4.98 Å². The van der Waals surface area contributed by atoms with Crippen molar-refractivity contribution in [2.24, 2.45) is 0 Å². The van der Waals surface area contributed by atoms with Crippen molar-refractivity contribution in [3.63, 3.8) is 0 Å². The number of halogens is 1. The van der Waals surface area contributed by atoms with Gasteiger partial charge in [0, 0.05) is 36.2 Å². The van der Waals surface area contributed by atoms with E-state index >= 15 is 0 Å². The summed E-state index contributed by atoms with van der Waals surface area (Å²) >= 11 is 6.08. The lowest BCUT2D eigenvalue weighted by atomic mass is 10.1. The van der Waals surface area contributed by atoms with E-state index in [0.717, 1.165) is 22.2 Å². The average molecular weight is 514 g/mol. The molecule has 0 bridgehead atoms. The Morgan fingerprint density at radius 3 is 2.49 bits per heavy atom. The van der Waals surface area contributed by atoms with Crippen molar-refractivity contribution in [3.8, 4) is 17.3 Å². The maximum atomic E-state index is 12.7. The number of anilines is 1. The summed E-state index contributed by atoms with van der Waals surface area (Å²) in [5.74, 6) is 0.363. The van der Waals surface area contributed by atoms with Gasteiger partial charge in [0.25, 0.3) is 0 Å². The van der Waals surface area contributed by atoms with Gasteiger partial charge in [-0.3, -0.25) is 14.2 Å². The molecule has 0 saturated heterocycles. The first-order chi connectivity index (χ1) is 18.0. The number of hydrogen-bond acceptors (Lipinski definition) is 5. The van der Waals surface area contributed by atoms with Crippen LogP contribution in [0.15, 0.2) is 83.5 Å². The lowest BCUT2D eigenvalue weighted by molar-refractivity contribution is -0.120. The van der Waals surface area contributed by atoms with Crippen LogP contribution in [-0.2, 0) is 22.4 Å². The smallest absolute Gasteiger partial charge is 0.308 e. The number of aromatic nitrogens is 3. The zero-order valence-corrected chi connectivity index (χ0v) is 20.8. The minimum absolute atomic E-state index is 0.0663. The van der Waals surface area contributed by atoms with Crippen molar-refractivity contribution in [2.45, 2.75) is 19.3 Å². The highest BCUT2D eigenvalue weighted by atomic mass is 35.5. The van der Waals surface area contributed by atoms with E-state index in [0.29, 0.717) is 34.6 Å². The third-order valence-corrected chi connectivity index (χ3v) is 6.18. The van der Waals surface area contributed by atoms with E-state index in [2.05, 4.69) is 15.6 Å². The van der Waals surface area contributed by atoms with Gasteiger partial charge in [0.15, 0.2) is 0 Å². The fourth-order valence-corrected chi connectivity index (χ4v) is 4.11. The molecule has 0 saturated carbocycles. The molecule has 186 valence electrons. The summed E-state index contributed by atoms with van der Waals surface area (Å²) in [6.07, 6.45) is 2.50. The quantitative estimate of drug-likeness (QED) is 0.297. The van der Waals surface area contributed by atoms with Crippen molar-refractivity contribution in [2.75, 3.05) is 12.4 Å².